The van der Waals surface area contributed by atoms with Gasteiger partial charge >= 0.3 is 0 Å². The molecule has 88 valence electrons. The van der Waals surface area contributed by atoms with Crippen LogP contribution in [0.2, 0.25) is 0 Å². The number of hydrogen-bond acceptors (Lipinski definition) is 3. The maximum atomic E-state index is 10.5. The van der Waals surface area contributed by atoms with E-state index in [1.807, 2.05) is 30.5 Å². The molecule has 2 heterocycles. The number of aryl methyl sites for hydroxylation is 1. The molecule has 2 rings (SSSR count). The van der Waals surface area contributed by atoms with Crippen molar-refractivity contribution in [3.05, 3.63) is 27.3 Å². The summed E-state index contributed by atoms with van der Waals surface area (Å²) in [5.74, 6) is 0. The summed E-state index contributed by atoms with van der Waals surface area (Å²) in [5.41, 5.74) is 0.709. The molecule has 0 saturated heterocycles. The van der Waals surface area contributed by atoms with Crippen molar-refractivity contribution in [2.45, 2.75) is 13.8 Å². The maximum absolute atomic E-state index is 10.5. The van der Waals surface area contributed by atoms with Crippen molar-refractivity contribution >= 4 is 38.4 Å². The number of thiazole rings is 1. The van der Waals surface area contributed by atoms with Gasteiger partial charge in [-0.3, -0.25) is 4.79 Å². The minimum atomic E-state index is 0.709. The van der Waals surface area contributed by atoms with Crippen molar-refractivity contribution in [3.63, 3.8) is 0 Å². The zero-order valence-corrected chi connectivity index (χ0v) is 11.9. The second-order valence-corrected chi connectivity index (χ2v) is 5.15. The number of fused-ring (bicyclic) bond motifs is 1. The van der Waals surface area contributed by atoms with E-state index in [0.717, 1.165) is 22.3 Å². The van der Waals surface area contributed by atoms with E-state index in [0.29, 0.717) is 5.56 Å². The van der Waals surface area contributed by atoms with Gasteiger partial charge in [0.15, 0.2) is 6.29 Å². The molecule has 0 aliphatic carbocycles. The van der Waals surface area contributed by atoms with Crippen LogP contribution in [0.1, 0.15) is 22.2 Å². The number of rotatable bonds is 2. The Kier molecular flexibility index (Phi) is 5.18. The lowest BCUT2D eigenvalue weighted by Crippen LogP contribution is -1.79. The first-order valence-electron chi connectivity index (χ1n) is 4.85. The number of methoxy groups -OCH3 is 1. The molecular formula is C11H14BrNO2S. The number of ether oxygens (including phenoxy) is 1. The Morgan fingerprint density at radius 1 is 1.62 bits per heavy atom. The summed E-state index contributed by atoms with van der Waals surface area (Å²) >= 11 is 5.04. The highest BCUT2D eigenvalue weighted by molar-refractivity contribution is 9.10. The highest BCUT2D eigenvalue weighted by Crippen LogP contribution is 2.26. The van der Waals surface area contributed by atoms with Crippen molar-refractivity contribution in [1.82, 2.24) is 4.40 Å². The summed E-state index contributed by atoms with van der Waals surface area (Å²) in [6, 6.07) is 1.88. The van der Waals surface area contributed by atoms with E-state index in [-0.39, 0.29) is 0 Å². The van der Waals surface area contributed by atoms with Gasteiger partial charge in [-0.25, -0.2) is 0 Å². The van der Waals surface area contributed by atoms with Crippen molar-refractivity contribution in [2.24, 2.45) is 0 Å². The number of carbonyl (C=O) groups excluding carboxylic acids is 1. The van der Waals surface area contributed by atoms with Crippen molar-refractivity contribution in [1.29, 1.82) is 0 Å². The largest absolute Gasteiger partial charge is 0.385 e. The van der Waals surface area contributed by atoms with Crippen molar-refractivity contribution in [2.75, 3.05) is 13.7 Å². The van der Waals surface area contributed by atoms with Crippen LogP contribution >= 0.6 is 27.3 Å². The van der Waals surface area contributed by atoms with E-state index in [9.17, 15) is 4.79 Å². The van der Waals surface area contributed by atoms with Gasteiger partial charge in [-0.2, -0.15) is 0 Å². The normalized spacial score (nSPS) is 10.0. The third-order valence-electron chi connectivity index (χ3n) is 1.96. The number of halogens is 1. The standard InChI is InChI=1S/C8H6BrNOS.C3H8O/c1-5-3-10-7(12-5)2-6(4-11)8(10)9;1-3-4-2/h2-4H,1H3;3H2,1-2H3. The summed E-state index contributed by atoms with van der Waals surface area (Å²) in [7, 11) is 1.68. The van der Waals surface area contributed by atoms with E-state index in [1.54, 1.807) is 18.4 Å². The summed E-state index contributed by atoms with van der Waals surface area (Å²) < 4.78 is 7.36. The molecule has 0 aliphatic rings. The zero-order valence-electron chi connectivity index (χ0n) is 9.49. The summed E-state index contributed by atoms with van der Waals surface area (Å²) in [5, 5.41) is 0. The molecule has 0 aromatic carbocycles. The fourth-order valence-corrected chi connectivity index (χ4v) is 2.69. The lowest BCUT2D eigenvalue weighted by Gasteiger charge is -1.86. The third kappa shape index (κ3) is 2.93. The molecule has 0 bridgehead atoms. The van der Waals surface area contributed by atoms with E-state index in [4.69, 9.17) is 0 Å². The SMILES string of the molecule is CCOC.Cc1cn2c(Br)c(C=O)cc2s1. The van der Waals surface area contributed by atoms with Gasteiger partial charge in [0.2, 0.25) is 0 Å². The lowest BCUT2D eigenvalue weighted by atomic mass is 10.4. The molecule has 0 unspecified atom stereocenters. The molecule has 0 amide bonds. The molecule has 2 aromatic rings. The number of nitrogens with zero attached hydrogens (tertiary/aromatic N) is 1. The van der Waals surface area contributed by atoms with Crippen LogP contribution in [-0.2, 0) is 4.74 Å². The van der Waals surface area contributed by atoms with Crippen LogP contribution in [0.25, 0.3) is 4.83 Å². The first kappa shape index (κ1) is 13.4. The Morgan fingerprint density at radius 2 is 2.25 bits per heavy atom. The molecule has 0 saturated carbocycles. The van der Waals surface area contributed by atoms with E-state index < -0.39 is 0 Å². The van der Waals surface area contributed by atoms with Crippen LogP contribution in [0, 0.1) is 6.92 Å². The van der Waals surface area contributed by atoms with E-state index in [2.05, 4.69) is 20.7 Å². The monoisotopic (exact) mass is 303 g/mol. The number of aromatic nitrogens is 1. The molecule has 0 N–H and O–H groups in total. The van der Waals surface area contributed by atoms with Crippen LogP contribution in [-0.4, -0.2) is 24.4 Å². The minimum absolute atomic E-state index is 0.709. The quantitative estimate of drug-likeness (QED) is 0.795. The highest BCUT2D eigenvalue weighted by Gasteiger charge is 2.08. The molecule has 2 aromatic heterocycles. The molecular weight excluding hydrogens is 290 g/mol. The van der Waals surface area contributed by atoms with Crippen LogP contribution in [0.15, 0.2) is 16.9 Å². The van der Waals surface area contributed by atoms with Crippen LogP contribution < -0.4 is 0 Å². The average molecular weight is 304 g/mol. The van der Waals surface area contributed by atoms with Crippen molar-refractivity contribution in [3.8, 4) is 0 Å². The lowest BCUT2D eigenvalue weighted by molar-refractivity contribution is 0.112. The summed E-state index contributed by atoms with van der Waals surface area (Å²) in [6.07, 6.45) is 2.87. The first-order valence-corrected chi connectivity index (χ1v) is 6.46. The number of carbonyl (C=O) groups is 1. The van der Waals surface area contributed by atoms with Gasteiger partial charge in [0.25, 0.3) is 0 Å². The maximum Gasteiger partial charge on any atom is 0.152 e. The predicted octanol–water partition coefficient (Wildman–Crippen LogP) is 3.54. The van der Waals surface area contributed by atoms with E-state index in [1.165, 1.54) is 4.88 Å². The fraction of sp³-hybridized carbons (Fsp3) is 0.364. The topological polar surface area (TPSA) is 30.7 Å². The summed E-state index contributed by atoms with van der Waals surface area (Å²) in [6.45, 7) is 4.82. The third-order valence-corrected chi connectivity index (χ3v) is 3.75. The Morgan fingerprint density at radius 3 is 2.69 bits per heavy atom. The van der Waals surface area contributed by atoms with Gasteiger partial charge in [-0.05, 0) is 35.8 Å². The van der Waals surface area contributed by atoms with Gasteiger partial charge in [-0.1, -0.05) is 0 Å². The Labute approximate surface area is 107 Å². The molecule has 5 heteroatoms. The molecule has 0 spiro atoms. The van der Waals surface area contributed by atoms with Gasteiger partial charge in [-0.15, -0.1) is 11.3 Å². The second-order valence-electron chi connectivity index (χ2n) is 3.14. The average Bonchev–Trinajstić information content (AvgIpc) is 2.78. The van der Waals surface area contributed by atoms with Crippen LogP contribution in [0.5, 0.6) is 0 Å². The van der Waals surface area contributed by atoms with Gasteiger partial charge < -0.3 is 9.14 Å². The van der Waals surface area contributed by atoms with Gasteiger partial charge in [0, 0.05) is 30.4 Å². The predicted molar refractivity (Wildman–Crippen MR) is 70.6 cm³/mol. The highest BCUT2D eigenvalue weighted by atomic mass is 79.9. The molecule has 3 nitrogen and oxygen atoms in total. The van der Waals surface area contributed by atoms with Crippen molar-refractivity contribution < 1.29 is 9.53 Å². The molecule has 0 radical (unpaired) electrons. The molecule has 0 fully saturated rings. The zero-order chi connectivity index (χ0) is 12.1. The van der Waals surface area contributed by atoms with Gasteiger partial charge in [0.1, 0.15) is 9.43 Å². The number of aldehydes is 1. The second kappa shape index (κ2) is 6.18. The Balaban J connectivity index is 0.000000280. The smallest absolute Gasteiger partial charge is 0.152 e. The number of hydrogen-bond donors (Lipinski definition) is 0. The van der Waals surface area contributed by atoms with Crippen LogP contribution in [0.3, 0.4) is 0 Å². The first-order chi connectivity index (χ1) is 7.63. The van der Waals surface area contributed by atoms with Crippen LogP contribution in [0.4, 0.5) is 0 Å². The molecule has 0 atom stereocenters. The Bertz CT molecular complexity index is 473. The summed E-state index contributed by atoms with van der Waals surface area (Å²) in [4.78, 5) is 12.9. The molecule has 16 heavy (non-hydrogen) atoms. The fourth-order valence-electron chi connectivity index (χ4n) is 1.15. The minimum Gasteiger partial charge on any atom is -0.385 e. The molecule has 0 aliphatic heterocycles. The van der Waals surface area contributed by atoms with E-state index >= 15 is 0 Å². The Hall–Kier alpha value is -0.650. The van der Waals surface area contributed by atoms with Gasteiger partial charge in [0.05, 0.1) is 0 Å².